The maximum Gasteiger partial charge on any atom is 0.251 e. The summed E-state index contributed by atoms with van der Waals surface area (Å²) in [4.78, 5) is 26.2. The van der Waals surface area contributed by atoms with Crippen molar-refractivity contribution in [2.24, 2.45) is 0 Å². The minimum Gasteiger partial charge on any atom is -0.354 e. The van der Waals surface area contributed by atoms with E-state index in [9.17, 15) is 18.0 Å². The molecule has 9 heteroatoms. The van der Waals surface area contributed by atoms with Crippen LogP contribution in [0.25, 0.3) is 0 Å². The fourth-order valence-electron chi connectivity index (χ4n) is 3.39. The van der Waals surface area contributed by atoms with Crippen molar-refractivity contribution in [1.29, 1.82) is 0 Å². The van der Waals surface area contributed by atoms with Crippen LogP contribution in [-0.4, -0.2) is 69.2 Å². The Balaban J connectivity index is 1.51. The first-order valence-electron chi connectivity index (χ1n) is 10.2. The van der Waals surface area contributed by atoms with E-state index in [1.807, 2.05) is 25.2 Å². The van der Waals surface area contributed by atoms with Crippen LogP contribution in [0.2, 0.25) is 0 Å². The van der Waals surface area contributed by atoms with Crippen molar-refractivity contribution in [2.75, 3.05) is 39.8 Å². The number of nitrogens with one attached hydrogen (secondary N) is 2. The molecule has 2 N–H and O–H groups in total. The summed E-state index contributed by atoms with van der Waals surface area (Å²) in [6.07, 6.45) is 0.774. The molecule has 0 aliphatic carbocycles. The van der Waals surface area contributed by atoms with Crippen LogP contribution >= 0.6 is 0 Å². The lowest BCUT2D eigenvalue weighted by Gasteiger charge is -2.26. The summed E-state index contributed by atoms with van der Waals surface area (Å²) in [6, 6.07) is 16.1. The number of benzene rings is 2. The van der Waals surface area contributed by atoms with E-state index in [2.05, 4.69) is 27.7 Å². The summed E-state index contributed by atoms with van der Waals surface area (Å²) < 4.78 is 26.7. The zero-order chi connectivity index (χ0) is 22.3. The first kappa shape index (κ1) is 22.9. The van der Waals surface area contributed by atoms with Gasteiger partial charge in [-0.05, 0) is 43.8 Å². The van der Waals surface area contributed by atoms with Gasteiger partial charge in [0.05, 0.1) is 11.4 Å². The second-order valence-corrected chi connectivity index (χ2v) is 9.49. The lowest BCUT2D eigenvalue weighted by Crippen LogP contribution is -2.49. The van der Waals surface area contributed by atoms with E-state index in [-0.39, 0.29) is 41.9 Å². The van der Waals surface area contributed by atoms with E-state index in [1.165, 1.54) is 17.7 Å². The Hall–Kier alpha value is -2.75. The largest absolute Gasteiger partial charge is 0.354 e. The Bertz CT molecular complexity index is 1010. The molecule has 1 aliphatic rings. The molecule has 1 saturated heterocycles. The lowest BCUT2D eigenvalue weighted by molar-refractivity contribution is -0.122. The van der Waals surface area contributed by atoms with E-state index < -0.39 is 10.0 Å². The van der Waals surface area contributed by atoms with Gasteiger partial charge in [0.15, 0.2) is 0 Å². The molecule has 3 rings (SSSR count). The summed E-state index contributed by atoms with van der Waals surface area (Å²) in [5.74, 6) is -0.653. The van der Waals surface area contributed by atoms with Gasteiger partial charge in [0.1, 0.15) is 0 Å². The molecule has 2 aromatic carbocycles. The minimum absolute atomic E-state index is 0.0115. The van der Waals surface area contributed by atoms with Crippen LogP contribution in [0, 0.1) is 0 Å². The predicted molar refractivity (Wildman–Crippen MR) is 118 cm³/mol. The van der Waals surface area contributed by atoms with Gasteiger partial charge in [0.2, 0.25) is 15.9 Å². The number of hydrogen-bond acceptors (Lipinski definition) is 5. The third kappa shape index (κ3) is 6.36. The van der Waals surface area contributed by atoms with Gasteiger partial charge < -0.3 is 15.5 Å². The molecule has 1 aliphatic heterocycles. The molecule has 2 aromatic rings. The Morgan fingerprint density at radius 1 is 1.16 bits per heavy atom. The zero-order valence-corrected chi connectivity index (χ0v) is 18.4. The molecule has 1 heterocycles. The number of sulfonamides is 1. The number of nitrogens with zero attached hydrogens (tertiary/aromatic N) is 2. The molecule has 0 spiro atoms. The highest BCUT2D eigenvalue weighted by Gasteiger charge is 2.29. The molecule has 2 amide bonds. The number of rotatable bonds is 9. The van der Waals surface area contributed by atoms with Crippen molar-refractivity contribution >= 4 is 21.8 Å². The minimum atomic E-state index is -3.83. The summed E-state index contributed by atoms with van der Waals surface area (Å²) in [7, 11) is -1.80. The lowest BCUT2D eigenvalue weighted by atomic mass is 10.2. The van der Waals surface area contributed by atoms with Crippen molar-refractivity contribution in [2.45, 2.75) is 17.9 Å². The van der Waals surface area contributed by atoms with Crippen molar-refractivity contribution in [3.63, 3.8) is 0 Å². The fraction of sp³-hybridized carbons (Fsp3) is 0.364. The van der Waals surface area contributed by atoms with Crippen LogP contribution in [0.15, 0.2) is 59.5 Å². The topological polar surface area (TPSA) is 98.8 Å². The number of piperazine rings is 1. The number of hydrogen-bond donors (Lipinski definition) is 2. The molecule has 166 valence electrons. The fourth-order valence-corrected chi connectivity index (χ4v) is 4.84. The van der Waals surface area contributed by atoms with Crippen LogP contribution in [0.3, 0.4) is 0 Å². The summed E-state index contributed by atoms with van der Waals surface area (Å²) >= 11 is 0. The number of carbonyl (C=O) groups excluding carboxylic acids is 2. The molecule has 0 saturated carbocycles. The third-order valence-corrected chi connectivity index (χ3v) is 6.88. The molecule has 0 bridgehead atoms. The van der Waals surface area contributed by atoms with Crippen molar-refractivity contribution in [3.8, 4) is 0 Å². The Morgan fingerprint density at radius 2 is 1.94 bits per heavy atom. The van der Waals surface area contributed by atoms with E-state index in [1.54, 1.807) is 12.1 Å². The average Bonchev–Trinajstić information content (AvgIpc) is 2.77. The molecular formula is C22H28N4O4S. The molecule has 8 nitrogen and oxygen atoms in total. The number of carbonyl (C=O) groups is 2. The van der Waals surface area contributed by atoms with Crippen LogP contribution in [0.1, 0.15) is 22.3 Å². The summed E-state index contributed by atoms with van der Waals surface area (Å²) in [5.41, 5.74) is 1.51. The van der Waals surface area contributed by atoms with Gasteiger partial charge in [0.25, 0.3) is 5.91 Å². The van der Waals surface area contributed by atoms with Crippen LogP contribution < -0.4 is 10.6 Å². The summed E-state index contributed by atoms with van der Waals surface area (Å²) in [5, 5.41) is 5.45. The van der Waals surface area contributed by atoms with Crippen molar-refractivity contribution in [1.82, 2.24) is 19.8 Å². The standard InChI is InChI=1S/C22H28N4O4S/c1-25(16-18-7-3-2-4-8-18)13-6-11-24-22(28)19-9-5-10-20(15-19)31(29,30)26-14-12-23-21(27)17-26/h2-5,7-10,15H,6,11-14,16-17H2,1H3,(H,23,27)(H,24,28). The highest BCUT2D eigenvalue weighted by atomic mass is 32.2. The molecule has 0 aromatic heterocycles. The van der Waals surface area contributed by atoms with E-state index in [0.29, 0.717) is 6.54 Å². The molecule has 31 heavy (non-hydrogen) atoms. The maximum absolute atomic E-state index is 12.8. The second kappa shape index (κ2) is 10.5. The highest BCUT2D eigenvalue weighted by Crippen LogP contribution is 2.18. The monoisotopic (exact) mass is 444 g/mol. The highest BCUT2D eigenvalue weighted by molar-refractivity contribution is 7.89. The van der Waals surface area contributed by atoms with Gasteiger partial charge in [-0.3, -0.25) is 9.59 Å². The zero-order valence-electron chi connectivity index (χ0n) is 17.6. The van der Waals surface area contributed by atoms with Crippen LogP contribution in [0.4, 0.5) is 0 Å². The quantitative estimate of drug-likeness (QED) is 0.564. The van der Waals surface area contributed by atoms with Gasteiger partial charge in [-0.1, -0.05) is 36.4 Å². The van der Waals surface area contributed by atoms with Crippen LogP contribution in [-0.2, 0) is 21.4 Å². The normalized spacial score (nSPS) is 15.0. The Morgan fingerprint density at radius 3 is 2.68 bits per heavy atom. The first-order valence-corrected chi connectivity index (χ1v) is 11.7. The van der Waals surface area contributed by atoms with E-state index in [0.717, 1.165) is 23.8 Å². The predicted octanol–water partition coefficient (Wildman–Crippen LogP) is 1.06. The van der Waals surface area contributed by atoms with Gasteiger partial charge in [-0.2, -0.15) is 4.31 Å². The average molecular weight is 445 g/mol. The van der Waals surface area contributed by atoms with Crippen molar-refractivity contribution in [3.05, 3.63) is 65.7 Å². The smallest absolute Gasteiger partial charge is 0.251 e. The molecule has 0 unspecified atom stereocenters. The SMILES string of the molecule is CN(CCCNC(=O)c1cccc(S(=O)(=O)N2CCNC(=O)C2)c1)Cc1ccccc1. The van der Waals surface area contributed by atoms with Crippen molar-refractivity contribution < 1.29 is 18.0 Å². The molecule has 1 fully saturated rings. The molecule has 0 radical (unpaired) electrons. The molecule has 0 atom stereocenters. The van der Waals surface area contributed by atoms with Gasteiger partial charge in [-0.15, -0.1) is 0 Å². The van der Waals surface area contributed by atoms with Gasteiger partial charge in [-0.25, -0.2) is 8.42 Å². The third-order valence-electron chi connectivity index (χ3n) is 5.03. The van der Waals surface area contributed by atoms with E-state index in [4.69, 9.17) is 0 Å². The van der Waals surface area contributed by atoms with Crippen LogP contribution in [0.5, 0.6) is 0 Å². The summed E-state index contributed by atoms with van der Waals surface area (Å²) in [6.45, 7) is 2.41. The maximum atomic E-state index is 12.8. The Labute approximate surface area is 183 Å². The van der Waals surface area contributed by atoms with Gasteiger partial charge >= 0.3 is 0 Å². The molecular weight excluding hydrogens is 416 g/mol. The van der Waals surface area contributed by atoms with E-state index >= 15 is 0 Å². The number of amides is 2. The van der Waals surface area contributed by atoms with Gasteiger partial charge in [0, 0.05) is 31.7 Å². The second-order valence-electron chi connectivity index (χ2n) is 7.55. The Kier molecular flexibility index (Phi) is 7.78. The first-order chi connectivity index (χ1) is 14.9.